The van der Waals surface area contributed by atoms with E-state index in [2.05, 4.69) is 10.4 Å². The number of nitrogens with zero attached hydrogens (tertiary/aromatic N) is 2. The van der Waals surface area contributed by atoms with Crippen LogP contribution in [0, 0.1) is 6.92 Å². The highest BCUT2D eigenvalue weighted by molar-refractivity contribution is 5.76. The third kappa shape index (κ3) is 4.56. The number of aliphatic hydroxyl groups excluding tert-OH is 1. The van der Waals surface area contributed by atoms with Crippen molar-refractivity contribution in [2.24, 2.45) is 7.05 Å². The zero-order valence-corrected chi connectivity index (χ0v) is 10.7. The minimum absolute atomic E-state index is 0.0221. The van der Waals surface area contributed by atoms with Gasteiger partial charge in [-0.05, 0) is 32.3 Å². The standard InChI is InChI=1S/C12H21N3O2/c1-9(16)6-7-13-12(17)5-4-11-8-14-15(3)10(11)2/h8-9,16H,4-7H2,1-3H3,(H,13,17). The maximum atomic E-state index is 11.5. The molecule has 1 atom stereocenters. The molecule has 2 N–H and O–H groups in total. The van der Waals surface area contributed by atoms with Gasteiger partial charge in [-0.1, -0.05) is 0 Å². The van der Waals surface area contributed by atoms with Crippen LogP contribution in [0.15, 0.2) is 6.20 Å². The van der Waals surface area contributed by atoms with Crippen LogP contribution in [0.1, 0.15) is 31.0 Å². The second-order valence-electron chi connectivity index (χ2n) is 4.37. The Morgan fingerprint density at radius 1 is 1.65 bits per heavy atom. The molecule has 1 heterocycles. The van der Waals surface area contributed by atoms with E-state index in [1.54, 1.807) is 17.8 Å². The fourth-order valence-corrected chi connectivity index (χ4v) is 1.55. The van der Waals surface area contributed by atoms with Crippen molar-refractivity contribution in [1.29, 1.82) is 0 Å². The number of amides is 1. The van der Waals surface area contributed by atoms with E-state index in [1.807, 2.05) is 14.0 Å². The van der Waals surface area contributed by atoms with Crippen LogP contribution < -0.4 is 5.32 Å². The highest BCUT2D eigenvalue weighted by Gasteiger charge is 2.07. The quantitative estimate of drug-likeness (QED) is 0.761. The van der Waals surface area contributed by atoms with Crippen LogP contribution in [0.3, 0.4) is 0 Å². The molecule has 0 fully saturated rings. The van der Waals surface area contributed by atoms with Gasteiger partial charge in [-0.25, -0.2) is 0 Å². The molecular formula is C12H21N3O2. The Morgan fingerprint density at radius 3 is 2.88 bits per heavy atom. The number of aliphatic hydroxyl groups is 1. The Morgan fingerprint density at radius 2 is 2.35 bits per heavy atom. The largest absolute Gasteiger partial charge is 0.393 e. The highest BCUT2D eigenvalue weighted by Crippen LogP contribution is 2.08. The molecule has 17 heavy (non-hydrogen) atoms. The first-order chi connectivity index (χ1) is 8.00. The van der Waals surface area contributed by atoms with E-state index in [0.717, 1.165) is 11.3 Å². The summed E-state index contributed by atoms with van der Waals surface area (Å²) in [6.07, 6.45) is 3.21. The topological polar surface area (TPSA) is 67.2 Å². The first-order valence-corrected chi connectivity index (χ1v) is 5.93. The van der Waals surface area contributed by atoms with Crippen molar-refractivity contribution in [3.05, 3.63) is 17.5 Å². The number of carbonyl (C=O) groups excluding carboxylic acids is 1. The minimum Gasteiger partial charge on any atom is -0.393 e. The average molecular weight is 239 g/mol. The normalized spacial score (nSPS) is 12.5. The van der Waals surface area contributed by atoms with E-state index in [9.17, 15) is 4.79 Å². The Balaban J connectivity index is 2.26. The molecule has 0 aliphatic carbocycles. The third-order valence-electron chi connectivity index (χ3n) is 2.84. The van der Waals surface area contributed by atoms with Gasteiger partial charge < -0.3 is 10.4 Å². The first-order valence-electron chi connectivity index (χ1n) is 5.93. The van der Waals surface area contributed by atoms with Crippen LogP contribution in [-0.2, 0) is 18.3 Å². The number of aromatic nitrogens is 2. The summed E-state index contributed by atoms with van der Waals surface area (Å²) < 4.78 is 1.81. The van der Waals surface area contributed by atoms with Gasteiger partial charge in [-0.3, -0.25) is 9.48 Å². The number of carbonyl (C=O) groups is 1. The van der Waals surface area contributed by atoms with Gasteiger partial charge in [0, 0.05) is 25.7 Å². The molecule has 1 amide bonds. The molecule has 5 nitrogen and oxygen atoms in total. The lowest BCUT2D eigenvalue weighted by molar-refractivity contribution is -0.121. The zero-order valence-electron chi connectivity index (χ0n) is 10.7. The van der Waals surface area contributed by atoms with Crippen molar-refractivity contribution in [2.75, 3.05) is 6.54 Å². The van der Waals surface area contributed by atoms with Crippen LogP contribution in [0.4, 0.5) is 0 Å². The van der Waals surface area contributed by atoms with Crippen molar-refractivity contribution in [3.8, 4) is 0 Å². The van der Waals surface area contributed by atoms with Crippen LogP contribution in [0.25, 0.3) is 0 Å². The molecule has 1 aromatic heterocycles. The Labute approximate surface area is 102 Å². The Bertz CT molecular complexity index is 372. The average Bonchev–Trinajstić information content (AvgIpc) is 2.57. The van der Waals surface area contributed by atoms with E-state index in [4.69, 9.17) is 5.11 Å². The van der Waals surface area contributed by atoms with Crippen molar-refractivity contribution in [3.63, 3.8) is 0 Å². The first kappa shape index (κ1) is 13.7. The summed E-state index contributed by atoms with van der Waals surface area (Å²) in [5, 5.41) is 16.0. The van der Waals surface area contributed by atoms with E-state index < -0.39 is 0 Å². The Kier molecular flexibility index (Phi) is 5.15. The van der Waals surface area contributed by atoms with E-state index in [1.165, 1.54) is 0 Å². The van der Waals surface area contributed by atoms with Gasteiger partial charge >= 0.3 is 0 Å². The second-order valence-corrected chi connectivity index (χ2v) is 4.37. The van der Waals surface area contributed by atoms with Crippen LogP contribution in [0.5, 0.6) is 0 Å². The summed E-state index contributed by atoms with van der Waals surface area (Å²) in [6.45, 7) is 4.24. The summed E-state index contributed by atoms with van der Waals surface area (Å²) in [5.74, 6) is 0.0221. The molecule has 0 spiro atoms. The van der Waals surface area contributed by atoms with Gasteiger partial charge in [0.1, 0.15) is 0 Å². The van der Waals surface area contributed by atoms with Gasteiger partial charge in [0.25, 0.3) is 0 Å². The maximum absolute atomic E-state index is 11.5. The van der Waals surface area contributed by atoms with Gasteiger partial charge in [-0.15, -0.1) is 0 Å². The molecule has 0 bridgehead atoms. The monoisotopic (exact) mass is 239 g/mol. The number of hydrogen-bond acceptors (Lipinski definition) is 3. The van der Waals surface area contributed by atoms with E-state index in [-0.39, 0.29) is 12.0 Å². The lowest BCUT2D eigenvalue weighted by Crippen LogP contribution is -2.26. The number of nitrogens with one attached hydrogen (secondary N) is 1. The van der Waals surface area contributed by atoms with Crippen LogP contribution in [-0.4, -0.2) is 33.4 Å². The molecule has 1 rings (SSSR count). The smallest absolute Gasteiger partial charge is 0.220 e. The lowest BCUT2D eigenvalue weighted by atomic mass is 10.1. The molecule has 0 saturated heterocycles. The molecule has 1 aromatic rings. The van der Waals surface area contributed by atoms with Crippen molar-refractivity contribution >= 4 is 5.91 Å². The molecule has 1 unspecified atom stereocenters. The predicted octanol–water partition coefficient (Wildman–Crippen LogP) is 0.548. The van der Waals surface area contributed by atoms with Gasteiger partial charge in [0.15, 0.2) is 0 Å². The van der Waals surface area contributed by atoms with Gasteiger partial charge in [0.05, 0.1) is 12.3 Å². The summed E-state index contributed by atoms with van der Waals surface area (Å²) in [5.41, 5.74) is 2.21. The van der Waals surface area contributed by atoms with E-state index >= 15 is 0 Å². The molecular weight excluding hydrogens is 218 g/mol. The fourth-order valence-electron chi connectivity index (χ4n) is 1.55. The zero-order chi connectivity index (χ0) is 12.8. The summed E-state index contributed by atoms with van der Waals surface area (Å²) >= 11 is 0. The van der Waals surface area contributed by atoms with Gasteiger partial charge in [0.2, 0.25) is 5.91 Å². The van der Waals surface area contributed by atoms with Crippen LogP contribution in [0.2, 0.25) is 0 Å². The highest BCUT2D eigenvalue weighted by atomic mass is 16.3. The SMILES string of the molecule is Cc1c(CCC(=O)NCCC(C)O)cnn1C. The summed E-state index contributed by atoms with van der Waals surface area (Å²) in [6, 6.07) is 0. The molecule has 0 radical (unpaired) electrons. The Hall–Kier alpha value is -1.36. The number of aryl methyl sites for hydroxylation is 2. The predicted molar refractivity (Wildman–Crippen MR) is 65.6 cm³/mol. The molecule has 0 aliphatic rings. The summed E-state index contributed by atoms with van der Waals surface area (Å²) in [7, 11) is 1.89. The summed E-state index contributed by atoms with van der Waals surface area (Å²) in [4.78, 5) is 11.5. The van der Waals surface area contributed by atoms with Crippen molar-refractivity contribution in [1.82, 2.24) is 15.1 Å². The number of rotatable bonds is 6. The third-order valence-corrected chi connectivity index (χ3v) is 2.84. The molecule has 5 heteroatoms. The molecule has 0 aromatic carbocycles. The lowest BCUT2D eigenvalue weighted by Gasteiger charge is -2.06. The van der Waals surface area contributed by atoms with E-state index in [0.29, 0.717) is 25.8 Å². The van der Waals surface area contributed by atoms with Crippen molar-refractivity contribution in [2.45, 2.75) is 39.2 Å². The van der Waals surface area contributed by atoms with Crippen LogP contribution >= 0.6 is 0 Å². The minimum atomic E-state index is -0.365. The fraction of sp³-hybridized carbons (Fsp3) is 0.667. The van der Waals surface area contributed by atoms with Crippen molar-refractivity contribution < 1.29 is 9.90 Å². The molecule has 0 saturated carbocycles. The van der Waals surface area contributed by atoms with Gasteiger partial charge in [-0.2, -0.15) is 5.10 Å². The molecule has 0 aliphatic heterocycles. The number of hydrogen-bond donors (Lipinski definition) is 2. The second kappa shape index (κ2) is 6.39. The molecule has 96 valence electrons. The maximum Gasteiger partial charge on any atom is 0.220 e.